The van der Waals surface area contributed by atoms with E-state index in [1.165, 1.54) is 12.5 Å². The van der Waals surface area contributed by atoms with E-state index in [0.29, 0.717) is 23.7 Å². The monoisotopic (exact) mass is 338 g/mol. The first-order valence-electron chi connectivity index (χ1n) is 8.59. The summed E-state index contributed by atoms with van der Waals surface area (Å²) in [7, 11) is 0. The molecule has 1 aromatic carbocycles. The highest BCUT2D eigenvalue weighted by Crippen LogP contribution is 2.25. The van der Waals surface area contributed by atoms with Gasteiger partial charge in [-0.15, -0.1) is 0 Å². The van der Waals surface area contributed by atoms with Crippen LogP contribution in [0.15, 0.2) is 18.2 Å². The highest BCUT2D eigenvalue weighted by Gasteiger charge is 2.30. The second-order valence-corrected chi connectivity index (χ2v) is 7.07. The standard InChI is InChI=1S/C18H24ClFN2O/c19-16-7-4-8-17(20)15(16)13-21-9-5-6-14(12-21)18(23)22-10-2-1-3-11-22/h4,7-8,14H,1-3,5-6,9-13H2. The molecule has 2 aliphatic rings. The lowest BCUT2D eigenvalue weighted by Gasteiger charge is -2.36. The molecule has 2 aliphatic heterocycles. The van der Waals surface area contributed by atoms with E-state index in [1.54, 1.807) is 12.1 Å². The molecule has 2 heterocycles. The molecule has 0 N–H and O–H groups in total. The molecule has 1 atom stereocenters. The van der Waals surface area contributed by atoms with E-state index in [4.69, 9.17) is 11.6 Å². The quantitative estimate of drug-likeness (QED) is 0.839. The second-order valence-electron chi connectivity index (χ2n) is 6.66. The molecule has 0 aromatic heterocycles. The maximum atomic E-state index is 14.0. The first-order valence-corrected chi connectivity index (χ1v) is 8.97. The largest absolute Gasteiger partial charge is 0.342 e. The molecule has 1 amide bonds. The van der Waals surface area contributed by atoms with Gasteiger partial charge in [-0.3, -0.25) is 9.69 Å². The van der Waals surface area contributed by atoms with Crippen LogP contribution in [0.5, 0.6) is 0 Å². The number of halogens is 2. The summed E-state index contributed by atoms with van der Waals surface area (Å²) in [5, 5.41) is 0.467. The Kier molecular flexibility index (Phi) is 5.54. The average Bonchev–Trinajstić information content (AvgIpc) is 2.59. The number of likely N-dealkylation sites (tertiary alicyclic amines) is 2. The Bertz CT molecular complexity index is 540. The van der Waals surface area contributed by atoms with Gasteiger partial charge in [0.2, 0.25) is 5.91 Å². The molecule has 5 heteroatoms. The van der Waals surface area contributed by atoms with E-state index < -0.39 is 0 Å². The van der Waals surface area contributed by atoms with Gasteiger partial charge in [0.15, 0.2) is 0 Å². The van der Waals surface area contributed by atoms with Crippen molar-refractivity contribution < 1.29 is 9.18 Å². The lowest BCUT2D eigenvalue weighted by atomic mass is 9.95. The van der Waals surface area contributed by atoms with Crippen LogP contribution >= 0.6 is 11.6 Å². The van der Waals surface area contributed by atoms with Gasteiger partial charge in [0.25, 0.3) is 0 Å². The Labute approximate surface area is 142 Å². The van der Waals surface area contributed by atoms with Crippen LogP contribution in [-0.4, -0.2) is 41.9 Å². The van der Waals surface area contributed by atoms with Crippen molar-refractivity contribution in [2.24, 2.45) is 5.92 Å². The van der Waals surface area contributed by atoms with Crippen LogP contribution in [-0.2, 0) is 11.3 Å². The van der Waals surface area contributed by atoms with E-state index in [9.17, 15) is 9.18 Å². The zero-order chi connectivity index (χ0) is 16.2. The summed E-state index contributed by atoms with van der Waals surface area (Å²) in [6.45, 7) is 3.88. The number of carbonyl (C=O) groups is 1. The van der Waals surface area contributed by atoms with Crippen molar-refractivity contribution in [3.8, 4) is 0 Å². The van der Waals surface area contributed by atoms with Crippen LogP contribution in [0, 0.1) is 11.7 Å². The fraction of sp³-hybridized carbons (Fsp3) is 0.611. The van der Waals surface area contributed by atoms with Crippen LogP contribution in [0.4, 0.5) is 4.39 Å². The molecule has 1 aromatic rings. The van der Waals surface area contributed by atoms with Crippen molar-refractivity contribution in [3.63, 3.8) is 0 Å². The Balaban J connectivity index is 1.63. The van der Waals surface area contributed by atoms with E-state index in [-0.39, 0.29) is 17.6 Å². The van der Waals surface area contributed by atoms with E-state index >= 15 is 0 Å². The lowest BCUT2D eigenvalue weighted by Crippen LogP contribution is -2.46. The predicted octanol–water partition coefficient (Wildman–Crippen LogP) is 3.70. The third-order valence-corrected chi connectivity index (χ3v) is 5.32. The zero-order valence-electron chi connectivity index (χ0n) is 13.4. The van der Waals surface area contributed by atoms with Gasteiger partial charge in [0.05, 0.1) is 5.92 Å². The summed E-state index contributed by atoms with van der Waals surface area (Å²) >= 11 is 6.13. The van der Waals surface area contributed by atoms with Gasteiger partial charge in [-0.2, -0.15) is 0 Å². The Hall–Kier alpha value is -1.13. The number of hydrogen-bond acceptors (Lipinski definition) is 2. The molecule has 3 rings (SSSR count). The molecule has 0 spiro atoms. The smallest absolute Gasteiger partial charge is 0.226 e. The fourth-order valence-corrected chi connectivity index (χ4v) is 3.90. The molecule has 23 heavy (non-hydrogen) atoms. The molecule has 0 radical (unpaired) electrons. The molecule has 3 nitrogen and oxygen atoms in total. The first kappa shape index (κ1) is 16.7. The molecular weight excluding hydrogens is 315 g/mol. The molecule has 0 bridgehead atoms. The fourth-order valence-electron chi connectivity index (χ4n) is 3.68. The molecular formula is C18H24ClFN2O. The summed E-state index contributed by atoms with van der Waals surface area (Å²) < 4.78 is 14.0. The van der Waals surface area contributed by atoms with Gasteiger partial charge in [0.1, 0.15) is 5.82 Å². The molecule has 0 saturated carbocycles. The number of amides is 1. The van der Waals surface area contributed by atoms with Crippen molar-refractivity contribution in [2.75, 3.05) is 26.2 Å². The highest BCUT2D eigenvalue weighted by atomic mass is 35.5. The van der Waals surface area contributed by atoms with Crippen molar-refractivity contribution in [3.05, 3.63) is 34.6 Å². The van der Waals surface area contributed by atoms with Crippen molar-refractivity contribution in [1.29, 1.82) is 0 Å². The van der Waals surface area contributed by atoms with Crippen molar-refractivity contribution in [1.82, 2.24) is 9.80 Å². The maximum absolute atomic E-state index is 14.0. The number of carbonyl (C=O) groups excluding carboxylic acids is 1. The van der Waals surface area contributed by atoms with Crippen LogP contribution in [0.1, 0.15) is 37.7 Å². The van der Waals surface area contributed by atoms with Crippen LogP contribution in [0.3, 0.4) is 0 Å². The normalized spacial score (nSPS) is 23.0. The number of piperidine rings is 2. The Morgan fingerprint density at radius 2 is 1.96 bits per heavy atom. The van der Waals surface area contributed by atoms with Gasteiger partial charge < -0.3 is 4.90 Å². The second kappa shape index (κ2) is 7.63. The average molecular weight is 339 g/mol. The Morgan fingerprint density at radius 3 is 2.70 bits per heavy atom. The predicted molar refractivity (Wildman–Crippen MR) is 89.8 cm³/mol. The zero-order valence-corrected chi connectivity index (χ0v) is 14.2. The number of hydrogen-bond donors (Lipinski definition) is 0. The topological polar surface area (TPSA) is 23.6 Å². The summed E-state index contributed by atoms with van der Waals surface area (Å²) in [5.41, 5.74) is 0.542. The highest BCUT2D eigenvalue weighted by molar-refractivity contribution is 6.31. The van der Waals surface area contributed by atoms with E-state index in [1.807, 2.05) is 4.90 Å². The third-order valence-electron chi connectivity index (χ3n) is 4.97. The van der Waals surface area contributed by atoms with Crippen LogP contribution in [0.2, 0.25) is 5.02 Å². The van der Waals surface area contributed by atoms with Crippen molar-refractivity contribution in [2.45, 2.75) is 38.6 Å². The summed E-state index contributed by atoms with van der Waals surface area (Å²) in [4.78, 5) is 16.9. The van der Waals surface area contributed by atoms with Gasteiger partial charge in [-0.1, -0.05) is 17.7 Å². The third kappa shape index (κ3) is 4.04. The van der Waals surface area contributed by atoms with Crippen LogP contribution in [0.25, 0.3) is 0 Å². The van der Waals surface area contributed by atoms with Gasteiger partial charge in [-0.05, 0) is 50.8 Å². The number of nitrogens with zero attached hydrogens (tertiary/aromatic N) is 2. The molecule has 2 saturated heterocycles. The number of rotatable bonds is 3. The molecule has 2 fully saturated rings. The van der Waals surface area contributed by atoms with Gasteiger partial charge in [0, 0.05) is 36.8 Å². The number of benzene rings is 1. The minimum Gasteiger partial charge on any atom is -0.342 e. The summed E-state index contributed by atoms with van der Waals surface area (Å²) in [6, 6.07) is 4.79. The minimum absolute atomic E-state index is 0.0485. The molecule has 126 valence electrons. The Morgan fingerprint density at radius 1 is 1.17 bits per heavy atom. The lowest BCUT2D eigenvalue weighted by molar-refractivity contribution is -0.138. The SMILES string of the molecule is O=C(C1CCCN(Cc2c(F)cccc2Cl)C1)N1CCCCC1. The van der Waals surface area contributed by atoms with Crippen LogP contribution < -0.4 is 0 Å². The molecule has 1 unspecified atom stereocenters. The summed E-state index contributed by atoms with van der Waals surface area (Å²) in [5.74, 6) is 0.0726. The molecule has 0 aliphatic carbocycles. The minimum atomic E-state index is -0.262. The van der Waals surface area contributed by atoms with Gasteiger partial charge in [-0.25, -0.2) is 4.39 Å². The van der Waals surface area contributed by atoms with E-state index in [2.05, 4.69) is 4.90 Å². The summed E-state index contributed by atoms with van der Waals surface area (Å²) in [6.07, 6.45) is 5.39. The van der Waals surface area contributed by atoms with Crippen molar-refractivity contribution >= 4 is 17.5 Å². The van der Waals surface area contributed by atoms with Gasteiger partial charge >= 0.3 is 0 Å². The maximum Gasteiger partial charge on any atom is 0.226 e. The first-order chi connectivity index (χ1) is 11.1. The van der Waals surface area contributed by atoms with E-state index in [0.717, 1.165) is 45.3 Å².